The van der Waals surface area contributed by atoms with E-state index in [9.17, 15) is 9.90 Å². The number of rotatable bonds is 8. The summed E-state index contributed by atoms with van der Waals surface area (Å²) in [6, 6.07) is 25.9. The first-order chi connectivity index (χ1) is 20.9. The minimum Gasteiger partial charge on any atom is -0.512 e. The van der Waals surface area contributed by atoms with Crippen LogP contribution in [0.5, 0.6) is 0 Å². The predicted octanol–water partition coefficient (Wildman–Crippen LogP) is 10.3. The fourth-order valence-corrected chi connectivity index (χ4v) is 5.77. The standard InChI is InChI=1S/C25H15N2O.C13H24O2.Ir/c1-15-6-8-18-17-12-13-26-25(20(17)9-10-22(18)27-15)16-7-11-24-21(14-16)19-4-2-3-5-23(19)28-24;1-5-10(6-2)12(14)9-13(15)11(7-3)8-4;/h2-6,8-14H,1H3;9-11,14H,5-8H2,1-4H3;/q-1;;/b;12-9-;. The molecule has 0 unspecified atom stereocenters. The van der Waals surface area contributed by atoms with Crippen molar-refractivity contribution in [3.8, 4) is 11.3 Å². The van der Waals surface area contributed by atoms with Crippen LogP contribution < -0.4 is 0 Å². The Morgan fingerprint density at radius 1 is 0.841 bits per heavy atom. The van der Waals surface area contributed by atoms with Gasteiger partial charge in [0.15, 0.2) is 5.78 Å². The number of benzene rings is 3. The molecule has 3 aromatic heterocycles. The van der Waals surface area contributed by atoms with Crippen molar-refractivity contribution in [1.82, 2.24) is 9.97 Å². The number of hydrogen-bond donors (Lipinski definition) is 1. The molecule has 6 aromatic rings. The zero-order valence-electron chi connectivity index (χ0n) is 26.0. The molecule has 229 valence electrons. The number of carbonyl (C=O) groups is 1. The van der Waals surface area contributed by atoms with Gasteiger partial charge < -0.3 is 14.5 Å². The van der Waals surface area contributed by atoms with Crippen molar-refractivity contribution in [3.63, 3.8) is 0 Å². The van der Waals surface area contributed by atoms with Gasteiger partial charge in [-0.3, -0.25) is 9.78 Å². The molecular formula is C38H39IrN2O3-. The maximum Gasteiger partial charge on any atom is 0.162 e. The van der Waals surface area contributed by atoms with E-state index in [2.05, 4.69) is 53.5 Å². The molecule has 6 heteroatoms. The third kappa shape index (κ3) is 6.77. The van der Waals surface area contributed by atoms with Crippen molar-refractivity contribution in [1.29, 1.82) is 0 Å². The van der Waals surface area contributed by atoms with Gasteiger partial charge in [-0.2, -0.15) is 0 Å². The molecule has 0 saturated heterocycles. The van der Waals surface area contributed by atoms with Gasteiger partial charge in [0.05, 0.1) is 16.9 Å². The summed E-state index contributed by atoms with van der Waals surface area (Å²) in [5, 5.41) is 15.3. The number of hydrogen-bond acceptors (Lipinski definition) is 5. The minimum atomic E-state index is 0. The summed E-state index contributed by atoms with van der Waals surface area (Å²) in [5.41, 5.74) is 5.64. The largest absolute Gasteiger partial charge is 0.512 e. The van der Waals surface area contributed by atoms with Gasteiger partial charge in [0.2, 0.25) is 0 Å². The van der Waals surface area contributed by atoms with Crippen molar-refractivity contribution in [3.05, 3.63) is 96.5 Å². The number of ketones is 1. The molecule has 0 aliphatic heterocycles. The monoisotopic (exact) mass is 764 g/mol. The van der Waals surface area contributed by atoms with Gasteiger partial charge in [-0.25, -0.2) is 0 Å². The average molecular weight is 764 g/mol. The van der Waals surface area contributed by atoms with E-state index in [1.54, 1.807) is 0 Å². The molecule has 44 heavy (non-hydrogen) atoms. The van der Waals surface area contributed by atoms with Crippen LogP contribution in [0.3, 0.4) is 0 Å². The fraction of sp³-hybridized carbons (Fsp3) is 0.289. The Balaban J connectivity index is 0.000000239. The van der Waals surface area contributed by atoms with Gasteiger partial charge in [-0.15, -0.1) is 23.8 Å². The van der Waals surface area contributed by atoms with Crippen molar-refractivity contribution in [2.45, 2.75) is 60.3 Å². The van der Waals surface area contributed by atoms with Gasteiger partial charge in [-0.05, 0) is 73.3 Å². The molecule has 1 N–H and O–H groups in total. The van der Waals surface area contributed by atoms with Crippen molar-refractivity contribution >= 4 is 49.4 Å². The van der Waals surface area contributed by atoms with Gasteiger partial charge in [-0.1, -0.05) is 63.4 Å². The Morgan fingerprint density at radius 3 is 2.27 bits per heavy atom. The minimum absolute atomic E-state index is 0. The molecule has 0 amide bonds. The average Bonchev–Trinajstić information content (AvgIpc) is 3.40. The topological polar surface area (TPSA) is 76.2 Å². The molecule has 0 saturated carbocycles. The van der Waals surface area contributed by atoms with Crippen molar-refractivity contribution in [2.24, 2.45) is 11.8 Å². The van der Waals surface area contributed by atoms with Crippen LogP contribution in [-0.4, -0.2) is 20.9 Å². The molecule has 6 rings (SSSR count). The Kier molecular flexibility index (Phi) is 11.1. The number of fused-ring (bicyclic) bond motifs is 6. The number of nitrogens with zero attached hydrogens (tertiary/aromatic N) is 2. The van der Waals surface area contributed by atoms with Gasteiger partial charge in [0, 0.05) is 60.7 Å². The third-order valence-corrected chi connectivity index (χ3v) is 8.40. The molecule has 0 aliphatic carbocycles. The second kappa shape index (κ2) is 14.7. The molecular weight excluding hydrogens is 725 g/mol. The molecule has 0 fully saturated rings. The number of allylic oxidation sites excluding steroid dienone is 2. The molecule has 1 radical (unpaired) electrons. The first-order valence-corrected chi connectivity index (χ1v) is 15.3. The smallest absolute Gasteiger partial charge is 0.162 e. The van der Waals surface area contributed by atoms with Crippen LogP contribution in [0, 0.1) is 24.8 Å². The third-order valence-electron chi connectivity index (χ3n) is 8.40. The maximum atomic E-state index is 11.7. The second-order valence-electron chi connectivity index (χ2n) is 11.1. The predicted molar refractivity (Wildman–Crippen MR) is 177 cm³/mol. The first kappa shape index (κ1) is 33.0. The molecule has 0 atom stereocenters. The number of pyridine rings is 2. The van der Waals surface area contributed by atoms with E-state index in [0.717, 1.165) is 86.2 Å². The Labute approximate surface area is 272 Å². The molecule has 5 nitrogen and oxygen atoms in total. The number of aliphatic hydroxyl groups is 1. The number of aliphatic hydroxyl groups excluding tert-OH is 1. The van der Waals surface area contributed by atoms with Gasteiger partial charge in [0.25, 0.3) is 0 Å². The Morgan fingerprint density at radius 2 is 1.55 bits per heavy atom. The van der Waals surface area contributed by atoms with E-state index < -0.39 is 0 Å². The van der Waals surface area contributed by atoms with E-state index in [-0.39, 0.29) is 43.5 Å². The molecule has 3 aromatic carbocycles. The number of para-hydroxylation sites is 1. The van der Waals surface area contributed by atoms with Crippen molar-refractivity contribution < 1.29 is 34.4 Å². The molecule has 0 bridgehead atoms. The Bertz CT molecular complexity index is 1930. The summed E-state index contributed by atoms with van der Waals surface area (Å²) in [7, 11) is 0. The summed E-state index contributed by atoms with van der Waals surface area (Å²) in [6.45, 7) is 10.1. The first-order valence-electron chi connectivity index (χ1n) is 15.3. The van der Waals surface area contributed by atoms with Crippen LogP contribution >= 0.6 is 0 Å². The van der Waals surface area contributed by atoms with Crippen LogP contribution in [0.1, 0.15) is 59.1 Å². The molecule has 0 aliphatic rings. The zero-order valence-corrected chi connectivity index (χ0v) is 28.4. The van der Waals surface area contributed by atoms with Crippen LogP contribution in [0.25, 0.3) is 54.9 Å². The zero-order chi connectivity index (χ0) is 30.5. The van der Waals surface area contributed by atoms with Crippen LogP contribution in [0.4, 0.5) is 0 Å². The van der Waals surface area contributed by atoms with E-state index in [0.29, 0.717) is 0 Å². The number of aryl methyl sites for hydroxylation is 1. The van der Waals surface area contributed by atoms with Gasteiger partial charge in [0.1, 0.15) is 5.58 Å². The Hall–Kier alpha value is -3.86. The van der Waals surface area contributed by atoms with Gasteiger partial charge >= 0.3 is 0 Å². The summed E-state index contributed by atoms with van der Waals surface area (Å²) in [6.07, 6.45) is 6.77. The van der Waals surface area contributed by atoms with Crippen LogP contribution in [-0.2, 0) is 24.9 Å². The molecule has 3 heterocycles. The SMILES string of the molecule is CCC(CC)C(=O)/C=C(\O)C(CC)CC.Cc1ccc2c(ccc3c(-c4[c-]cc5oc6ccccc6c5c4)nccc32)n1.[Ir]. The van der Waals surface area contributed by atoms with Crippen LogP contribution in [0.15, 0.2) is 89.2 Å². The second-order valence-corrected chi connectivity index (χ2v) is 11.1. The maximum absolute atomic E-state index is 11.7. The number of carbonyl (C=O) groups excluding carboxylic acids is 1. The van der Waals surface area contributed by atoms with E-state index in [1.807, 2.05) is 65.1 Å². The fourth-order valence-electron chi connectivity index (χ4n) is 5.77. The number of aromatic nitrogens is 2. The summed E-state index contributed by atoms with van der Waals surface area (Å²) >= 11 is 0. The van der Waals surface area contributed by atoms with E-state index in [4.69, 9.17) is 9.40 Å². The van der Waals surface area contributed by atoms with E-state index >= 15 is 0 Å². The molecule has 0 spiro atoms. The van der Waals surface area contributed by atoms with Crippen molar-refractivity contribution in [2.75, 3.05) is 0 Å². The van der Waals surface area contributed by atoms with E-state index in [1.165, 1.54) is 6.08 Å². The normalized spacial score (nSPS) is 11.8. The van der Waals surface area contributed by atoms with Crippen LogP contribution in [0.2, 0.25) is 0 Å². The summed E-state index contributed by atoms with van der Waals surface area (Å²) < 4.78 is 5.94. The number of furan rings is 1. The summed E-state index contributed by atoms with van der Waals surface area (Å²) in [4.78, 5) is 21.1. The summed E-state index contributed by atoms with van der Waals surface area (Å²) in [5.74, 6) is 0.547. The quantitative estimate of drug-likeness (QED) is 0.0723.